The van der Waals surface area contributed by atoms with Gasteiger partial charge in [0, 0.05) is 62.0 Å². The number of benzene rings is 6. The summed E-state index contributed by atoms with van der Waals surface area (Å²) in [5.41, 5.74) is -9.90. The van der Waals surface area contributed by atoms with Crippen molar-refractivity contribution < 1.29 is 148 Å². The summed E-state index contributed by atoms with van der Waals surface area (Å²) in [5, 5.41) is 31.2. The Labute approximate surface area is 526 Å². The van der Waals surface area contributed by atoms with Crippen molar-refractivity contribution in [3.05, 3.63) is 191 Å². The van der Waals surface area contributed by atoms with Gasteiger partial charge in [-0.15, -0.1) is 0 Å². The summed E-state index contributed by atoms with van der Waals surface area (Å²) in [6, 6.07) is 17.7. The summed E-state index contributed by atoms with van der Waals surface area (Å²) >= 11 is 0. The van der Waals surface area contributed by atoms with E-state index in [0.29, 0.717) is 23.5 Å². The number of rotatable bonds is 9. The molecule has 530 valence electrons. The fourth-order valence-electron chi connectivity index (χ4n) is 5.80. The Hall–Kier alpha value is -8.02. The van der Waals surface area contributed by atoms with Gasteiger partial charge in [0.2, 0.25) is 15.7 Å². The zero-order chi connectivity index (χ0) is 75.4. The van der Waals surface area contributed by atoms with E-state index in [1.807, 2.05) is 6.07 Å². The van der Waals surface area contributed by atoms with Crippen LogP contribution in [0.5, 0.6) is 0 Å². The highest BCUT2D eigenvalue weighted by Gasteiger charge is 2.42. The van der Waals surface area contributed by atoms with Crippen molar-refractivity contribution in [1.82, 2.24) is 0 Å². The number of aryl methyl sites for hydroxylation is 1. The molecule has 0 amide bonds. The molecular formula is C48H42F17N3O20S7. The minimum Gasteiger partial charge on any atom is -0.258 e. The van der Waals surface area contributed by atoms with Crippen LogP contribution in [-0.4, -0.2) is 123 Å². The number of sulfone groups is 7. The van der Waals surface area contributed by atoms with Crippen LogP contribution in [0.2, 0.25) is 0 Å². The molecule has 0 aliphatic heterocycles. The number of hydrogen-bond donors (Lipinski definition) is 0. The standard InChI is InChI=1S/C9H6F6O2S.C8H7F3O2S.C8H10O2S.C7H3F5O2S.C7H6N2O6S.C7H7NO4S.C2H3F3O2S/c1-18(16,17)7-3-5(8(10,11)12)2-6(4-7)9(13,14)15;1-14(12,13)7-4-2-6(3-5-7)8(9,10)11;1-7-5-3-4-6-8(7)11(2,9)10;1-15(13,14)7-5(11)3(9)2(8)4(10)6(7)12;1-16(14,15)7-3-2-5(8(10)11)4-6(7)9(12)13;1-13(11,12)7-4-2-6(3-5-7)8(9)10;1-8(6,7)2(3,4)5/h2-4H,1H3;2-5H,1H3;3-6H,1-2H3;1H3;2-4H,1H3;2-5H,1H3;1H3. The molecule has 0 atom stereocenters. The molecule has 0 aliphatic rings. The molecule has 95 heavy (non-hydrogen) atoms. The van der Waals surface area contributed by atoms with Crippen LogP contribution in [0.25, 0.3) is 0 Å². The Bertz CT molecular complexity index is 4590. The average molecular weight is 1530 g/mol. The van der Waals surface area contributed by atoms with E-state index in [1.165, 1.54) is 18.4 Å². The van der Waals surface area contributed by atoms with Gasteiger partial charge in [-0.2, -0.15) is 52.7 Å². The number of alkyl halides is 12. The van der Waals surface area contributed by atoms with Gasteiger partial charge < -0.3 is 0 Å². The highest BCUT2D eigenvalue weighted by molar-refractivity contribution is 7.92. The van der Waals surface area contributed by atoms with E-state index < -0.39 is 180 Å². The largest absolute Gasteiger partial charge is 0.497 e. The minimum atomic E-state index is -5.09. The van der Waals surface area contributed by atoms with Gasteiger partial charge in [-0.25, -0.2) is 80.9 Å². The van der Waals surface area contributed by atoms with E-state index in [-0.39, 0.29) is 39.9 Å². The van der Waals surface area contributed by atoms with Gasteiger partial charge in [0.05, 0.1) is 57.1 Å². The molecule has 6 rings (SSSR count). The van der Waals surface area contributed by atoms with Gasteiger partial charge in [0.1, 0.15) is 9.79 Å². The van der Waals surface area contributed by atoms with E-state index >= 15 is 0 Å². The summed E-state index contributed by atoms with van der Waals surface area (Å²) in [6.07, 6.45) is -9.56. The second kappa shape index (κ2) is 32.1. The van der Waals surface area contributed by atoms with E-state index in [4.69, 9.17) is 0 Å². The van der Waals surface area contributed by atoms with Crippen LogP contribution in [0, 0.1) is 66.4 Å². The molecule has 0 heterocycles. The fraction of sp³-hybridized carbons (Fsp3) is 0.250. The van der Waals surface area contributed by atoms with Crippen molar-refractivity contribution in [2.24, 2.45) is 0 Å². The predicted molar refractivity (Wildman–Crippen MR) is 298 cm³/mol. The lowest BCUT2D eigenvalue weighted by molar-refractivity contribution is -0.396. The average Bonchev–Trinajstić information content (AvgIpc) is 0.793. The third-order valence-corrected chi connectivity index (χ3v) is 18.0. The van der Waals surface area contributed by atoms with E-state index in [0.717, 1.165) is 72.9 Å². The molecule has 0 saturated carbocycles. The summed E-state index contributed by atoms with van der Waals surface area (Å²) in [6.45, 7) is 1.79. The maximum Gasteiger partial charge on any atom is 0.497 e. The zero-order valence-corrected chi connectivity index (χ0v) is 53.9. The fourth-order valence-corrected chi connectivity index (χ4v) is 10.4. The normalized spacial score (nSPS) is 12.3. The Kier molecular flexibility index (Phi) is 29.4. The maximum absolute atomic E-state index is 12.8. The number of nitro groups is 3. The number of nitrogens with zero attached hydrogens (tertiary/aromatic N) is 3. The third-order valence-electron chi connectivity index (χ3n) is 10.3. The first-order valence-electron chi connectivity index (χ1n) is 23.3. The summed E-state index contributed by atoms with van der Waals surface area (Å²) in [5.74, 6) is -11.7. The van der Waals surface area contributed by atoms with Gasteiger partial charge in [0.15, 0.2) is 82.3 Å². The van der Waals surface area contributed by atoms with Crippen LogP contribution in [0.15, 0.2) is 139 Å². The molecule has 0 fully saturated rings. The zero-order valence-electron chi connectivity index (χ0n) is 48.2. The minimum absolute atomic E-state index is 0.0816. The number of halogens is 17. The van der Waals surface area contributed by atoms with Gasteiger partial charge in [0.25, 0.3) is 17.1 Å². The van der Waals surface area contributed by atoms with Crippen molar-refractivity contribution in [2.45, 2.75) is 60.3 Å². The molecule has 0 saturated heterocycles. The lowest BCUT2D eigenvalue weighted by Gasteiger charge is -2.13. The Balaban J connectivity index is 0.00000110. The first kappa shape index (κ1) is 87.0. The topological polar surface area (TPSA) is 368 Å². The SMILES string of the molecule is CS(=O)(=O)C(F)(F)F.CS(=O)(=O)c1c(F)c(F)c(F)c(F)c1F.CS(=O)(=O)c1cc(C(F)(F)F)cc(C(F)(F)F)c1.CS(=O)(=O)c1ccc(C(F)(F)F)cc1.CS(=O)(=O)c1ccc([N+](=O)[O-])cc1.CS(=O)(=O)c1ccc([N+](=O)[O-])cc1[N+](=O)[O-].Cc1ccccc1S(C)(=O)=O. The molecule has 6 aromatic carbocycles. The second-order valence-electron chi connectivity index (χ2n) is 18.2. The first-order chi connectivity index (χ1) is 42.1. The molecule has 0 N–H and O–H groups in total. The van der Waals surface area contributed by atoms with E-state index in [1.54, 1.807) is 25.1 Å². The molecular weight excluding hydrogens is 1490 g/mol. The van der Waals surface area contributed by atoms with Gasteiger partial charge in [-0.05, 0) is 79.2 Å². The molecule has 0 unspecified atom stereocenters. The number of non-ortho nitro benzene ring substituents is 2. The Morgan fingerprint density at radius 3 is 0.916 bits per heavy atom. The van der Waals surface area contributed by atoms with Crippen LogP contribution in [0.1, 0.15) is 22.3 Å². The van der Waals surface area contributed by atoms with Gasteiger partial charge >= 0.3 is 24.0 Å². The van der Waals surface area contributed by atoms with Crippen molar-refractivity contribution in [1.29, 1.82) is 0 Å². The quantitative estimate of drug-likeness (QED) is 0.0324. The highest BCUT2D eigenvalue weighted by atomic mass is 32.2. The molecule has 47 heteroatoms. The van der Waals surface area contributed by atoms with Crippen LogP contribution >= 0.6 is 0 Å². The monoisotopic (exact) mass is 1530 g/mol. The van der Waals surface area contributed by atoms with Crippen LogP contribution in [0.3, 0.4) is 0 Å². The van der Waals surface area contributed by atoms with Crippen molar-refractivity contribution in [2.75, 3.05) is 43.8 Å². The van der Waals surface area contributed by atoms with Crippen LogP contribution in [-0.2, 0) is 87.4 Å². The smallest absolute Gasteiger partial charge is 0.258 e. The summed E-state index contributed by atoms with van der Waals surface area (Å²) in [4.78, 5) is 25.8. The summed E-state index contributed by atoms with van der Waals surface area (Å²) in [7, 11) is -27.1. The van der Waals surface area contributed by atoms with Crippen LogP contribution < -0.4 is 0 Å². The lowest BCUT2D eigenvalue weighted by Crippen LogP contribution is -2.20. The van der Waals surface area contributed by atoms with Crippen molar-refractivity contribution in [3.63, 3.8) is 0 Å². The predicted octanol–water partition coefficient (Wildman–Crippen LogP) is 10.9. The van der Waals surface area contributed by atoms with Crippen molar-refractivity contribution in [3.8, 4) is 0 Å². The highest BCUT2D eigenvalue weighted by Crippen LogP contribution is 2.38. The molecule has 0 spiro atoms. The lowest BCUT2D eigenvalue weighted by atomic mass is 10.1. The molecule has 0 radical (unpaired) electrons. The van der Waals surface area contributed by atoms with Crippen molar-refractivity contribution >= 4 is 85.9 Å². The maximum atomic E-state index is 12.8. The molecule has 0 aliphatic carbocycles. The summed E-state index contributed by atoms with van der Waals surface area (Å²) < 4.78 is 357. The molecule has 23 nitrogen and oxygen atoms in total. The number of hydrogen-bond acceptors (Lipinski definition) is 20. The van der Waals surface area contributed by atoms with E-state index in [2.05, 4.69) is 0 Å². The van der Waals surface area contributed by atoms with Gasteiger partial charge in [-0.1, -0.05) is 18.2 Å². The second-order valence-corrected chi connectivity index (χ2v) is 32.2. The molecule has 6 aromatic rings. The molecule has 0 aromatic heterocycles. The molecule has 0 bridgehead atoms. The Morgan fingerprint density at radius 2 is 0.653 bits per heavy atom. The Morgan fingerprint density at radius 1 is 0.337 bits per heavy atom. The first-order valence-corrected chi connectivity index (χ1v) is 36.5. The number of nitro benzene ring substituents is 3. The van der Waals surface area contributed by atoms with Gasteiger partial charge in [-0.3, -0.25) is 30.3 Å². The van der Waals surface area contributed by atoms with E-state index in [9.17, 15) is 164 Å². The van der Waals surface area contributed by atoms with Crippen LogP contribution in [0.4, 0.5) is 91.7 Å². The third kappa shape index (κ3) is 28.1.